The van der Waals surface area contributed by atoms with Crippen molar-refractivity contribution in [3.8, 4) is 11.5 Å². The van der Waals surface area contributed by atoms with Crippen molar-refractivity contribution in [2.24, 2.45) is 0 Å². The van der Waals surface area contributed by atoms with Crippen LogP contribution in [-0.4, -0.2) is 38.9 Å². The molecule has 1 fully saturated rings. The minimum atomic E-state index is -0.189. The van der Waals surface area contributed by atoms with E-state index in [0.717, 1.165) is 37.6 Å². The zero-order valence-electron chi connectivity index (χ0n) is 10.7. The highest BCUT2D eigenvalue weighted by Crippen LogP contribution is 2.28. The van der Waals surface area contributed by atoms with Gasteiger partial charge in [0, 0.05) is 17.9 Å². The van der Waals surface area contributed by atoms with Crippen molar-refractivity contribution in [2.75, 3.05) is 11.9 Å². The van der Waals surface area contributed by atoms with Crippen molar-refractivity contribution < 1.29 is 15.0 Å². The first kappa shape index (κ1) is 14.2. The highest BCUT2D eigenvalue weighted by atomic mass is 79.9. The number of carbonyl (C=O) groups excluding carboxylic acids is 1. The molecule has 1 amide bonds. The van der Waals surface area contributed by atoms with Crippen LogP contribution in [-0.2, 0) is 0 Å². The molecule has 0 aromatic heterocycles. The average molecular weight is 328 g/mol. The number of phenolic OH excluding ortho intramolecular Hbond substituents is 2. The highest BCUT2D eigenvalue weighted by Gasteiger charge is 2.30. The number of likely N-dealkylation sites (tertiary alicyclic amines) is 1. The average Bonchev–Trinajstić information content (AvgIpc) is 2.86. The van der Waals surface area contributed by atoms with E-state index in [9.17, 15) is 15.0 Å². The number of hydrogen-bond acceptors (Lipinski definition) is 3. The lowest BCUT2D eigenvalue weighted by atomic mass is 10.1. The van der Waals surface area contributed by atoms with Crippen molar-refractivity contribution in [3.63, 3.8) is 0 Å². The van der Waals surface area contributed by atoms with Gasteiger partial charge in [-0.1, -0.05) is 15.9 Å². The molecule has 2 rings (SSSR count). The van der Waals surface area contributed by atoms with Gasteiger partial charge in [-0.25, -0.2) is 0 Å². The first-order valence-electron chi connectivity index (χ1n) is 6.52. The maximum absolute atomic E-state index is 12.4. The van der Waals surface area contributed by atoms with Gasteiger partial charge in [0.05, 0.1) is 5.56 Å². The Morgan fingerprint density at radius 2 is 2.21 bits per heavy atom. The molecule has 4 nitrogen and oxygen atoms in total. The van der Waals surface area contributed by atoms with Gasteiger partial charge in [0.25, 0.3) is 5.91 Å². The predicted octanol–water partition coefficient (Wildman–Crippen LogP) is 2.88. The Bertz CT molecular complexity index is 464. The van der Waals surface area contributed by atoms with Crippen LogP contribution in [0.5, 0.6) is 11.5 Å². The van der Waals surface area contributed by atoms with Gasteiger partial charge >= 0.3 is 0 Å². The molecule has 104 valence electrons. The normalized spacial score (nSPS) is 18.8. The minimum absolute atomic E-state index is 0.00245. The maximum atomic E-state index is 12.4. The molecule has 1 aliphatic heterocycles. The monoisotopic (exact) mass is 327 g/mol. The van der Waals surface area contributed by atoms with Gasteiger partial charge in [0.15, 0.2) is 0 Å². The summed E-state index contributed by atoms with van der Waals surface area (Å²) in [5.74, 6) is -0.267. The third-order valence-corrected chi connectivity index (χ3v) is 4.08. The molecular weight excluding hydrogens is 310 g/mol. The zero-order valence-corrected chi connectivity index (χ0v) is 12.3. The highest BCUT2D eigenvalue weighted by molar-refractivity contribution is 9.09. The largest absolute Gasteiger partial charge is 0.508 e. The number of phenols is 2. The Balaban J connectivity index is 2.16. The van der Waals surface area contributed by atoms with Crippen LogP contribution in [0, 0.1) is 0 Å². The van der Waals surface area contributed by atoms with Crippen LogP contribution in [0.3, 0.4) is 0 Å². The Hall–Kier alpha value is -1.23. The molecule has 1 aromatic carbocycles. The SMILES string of the molecule is O=C(c1cc(O)ccc1O)N1CCCC1CCCBr. The minimum Gasteiger partial charge on any atom is -0.508 e. The molecular formula is C14H18BrNO3. The third kappa shape index (κ3) is 3.21. The molecule has 1 aliphatic rings. The number of hydrogen-bond donors (Lipinski definition) is 2. The standard InChI is InChI=1S/C14H18BrNO3/c15-7-1-3-10-4-2-8-16(10)14(19)12-9-11(17)5-6-13(12)18/h5-6,9-10,17-18H,1-4,7-8H2. The fourth-order valence-electron chi connectivity index (χ4n) is 2.57. The summed E-state index contributed by atoms with van der Waals surface area (Å²) in [4.78, 5) is 14.3. The number of halogens is 1. The lowest BCUT2D eigenvalue weighted by Gasteiger charge is -2.25. The molecule has 0 saturated carbocycles. The number of benzene rings is 1. The van der Waals surface area contributed by atoms with E-state index < -0.39 is 0 Å². The molecule has 1 aromatic rings. The summed E-state index contributed by atoms with van der Waals surface area (Å²) >= 11 is 3.40. The summed E-state index contributed by atoms with van der Waals surface area (Å²) in [6.07, 6.45) is 4.01. The number of rotatable bonds is 4. The van der Waals surface area contributed by atoms with Crippen LogP contribution in [0.2, 0.25) is 0 Å². The summed E-state index contributed by atoms with van der Waals surface area (Å²) in [5, 5.41) is 20.1. The van der Waals surface area contributed by atoms with Gasteiger partial charge in [-0.15, -0.1) is 0 Å². The van der Waals surface area contributed by atoms with Gasteiger partial charge < -0.3 is 15.1 Å². The molecule has 1 atom stereocenters. The van der Waals surface area contributed by atoms with E-state index in [1.54, 1.807) is 0 Å². The molecule has 1 heterocycles. The van der Waals surface area contributed by atoms with Gasteiger partial charge in [0.1, 0.15) is 11.5 Å². The molecule has 5 heteroatoms. The maximum Gasteiger partial charge on any atom is 0.257 e. The predicted molar refractivity (Wildman–Crippen MR) is 76.9 cm³/mol. The second kappa shape index (κ2) is 6.28. The number of nitrogens with zero attached hydrogens (tertiary/aromatic N) is 1. The number of carbonyl (C=O) groups is 1. The Morgan fingerprint density at radius 3 is 2.95 bits per heavy atom. The van der Waals surface area contributed by atoms with Gasteiger partial charge in [-0.2, -0.15) is 0 Å². The number of aromatic hydroxyl groups is 2. The fourth-order valence-corrected chi connectivity index (χ4v) is 2.89. The molecule has 0 spiro atoms. The first-order valence-corrected chi connectivity index (χ1v) is 7.64. The van der Waals surface area contributed by atoms with E-state index in [1.165, 1.54) is 18.2 Å². The van der Waals surface area contributed by atoms with E-state index in [2.05, 4.69) is 15.9 Å². The lowest BCUT2D eigenvalue weighted by molar-refractivity contribution is 0.0727. The van der Waals surface area contributed by atoms with E-state index >= 15 is 0 Å². The van der Waals surface area contributed by atoms with E-state index in [0.29, 0.717) is 0 Å². The van der Waals surface area contributed by atoms with E-state index in [4.69, 9.17) is 0 Å². The van der Waals surface area contributed by atoms with Crippen LogP contribution in [0.15, 0.2) is 18.2 Å². The lowest BCUT2D eigenvalue weighted by Crippen LogP contribution is -2.35. The first-order chi connectivity index (χ1) is 9.13. The molecule has 1 unspecified atom stereocenters. The van der Waals surface area contributed by atoms with Gasteiger partial charge in [-0.05, 0) is 43.9 Å². The smallest absolute Gasteiger partial charge is 0.257 e. The summed E-state index contributed by atoms with van der Waals surface area (Å²) in [7, 11) is 0. The molecule has 0 bridgehead atoms. The Labute approximate surface area is 121 Å². The molecule has 0 aliphatic carbocycles. The topological polar surface area (TPSA) is 60.8 Å². The number of alkyl halides is 1. The second-order valence-corrected chi connectivity index (χ2v) is 5.62. The van der Waals surface area contributed by atoms with E-state index in [-0.39, 0.29) is 29.0 Å². The van der Waals surface area contributed by atoms with E-state index in [1.807, 2.05) is 4.90 Å². The zero-order chi connectivity index (χ0) is 13.8. The summed E-state index contributed by atoms with van der Waals surface area (Å²) in [6, 6.07) is 4.30. The van der Waals surface area contributed by atoms with Crippen molar-refractivity contribution in [1.82, 2.24) is 4.90 Å². The van der Waals surface area contributed by atoms with Crippen molar-refractivity contribution >= 4 is 21.8 Å². The summed E-state index contributed by atoms with van der Waals surface area (Å²) in [6.45, 7) is 0.723. The van der Waals surface area contributed by atoms with Crippen LogP contribution in [0.4, 0.5) is 0 Å². The Kier molecular flexibility index (Phi) is 4.69. The summed E-state index contributed by atoms with van der Waals surface area (Å²) in [5.41, 5.74) is 0.186. The van der Waals surface area contributed by atoms with Crippen molar-refractivity contribution in [1.29, 1.82) is 0 Å². The molecule has 0 radical (unpaired) electrons. The quantitative estimate of drug-likeness (QED) is 0.660. The van der Waals surface area contributed by atoms with Crippen LogP contribution in [0.1, 0.15) is 36.0 Å². The molecule has 1 saturated heterocycles. The Morgan fingerprint density at radius 1 is 1.42 bits per heavy atom. The van der Waals surface area contributed by atoms with Crippen LogP contribution < -0.4 is 0 Å². The number of amides is 1. The van der Waals surface area contributed by atoms with Crippen LogP contribution in [0.25, 0.3) is 0 Å². The van der Waals surface area contributed by atoms with Crippen molar-refractivity contribution in [2.45, 2.75) is 31.7 Å². The van der Waals surface area contributed by atoms with Crippen molar-refractivity contribution in [3.05, 3.63) is 23.8 Å². The molecule has 19 heavy (non-hydrogen) atoms. The van der Waals surface area contributed by atoms with Gasteiger partial charge in [-0.3, -0.25) is 4.79 Å². The molecule has 2 N–H and O–H groups in total. The fraction of sp³-hybridized carbons (Fsp3) is 0.500. The van der Waals surface area contributed by atoms with Gasteiger partial charge in [0.2, 0.25) is 0 Å². The van der Waals surface area contributed by atoms with Crippen LogP contribution >= 0.6 is 15.9 Å². The summed E-state index contributed by atoms with van der Waals surface area (Å²) < 4.78 is 0. The second-order valence-electron chi connectivity index (χ2n) is 4.83. The third-order valence-electron chi connectivity index (χ3n) is 3.52.